The summed E-state index contributed by atoms with van der Waals surface area (Å²) in [4.78, 5) is 14.1. The van der Waals surface area contributed by atoms with E-state index in [1.165, 1.54) is 77.6 Å². The standard InChI is InChI=1S/C42H60O7/c1-7-8-9-10-11-12-13-14-15-16-17-18-19-32(43)27-48-33-23-21-31(22-24-33)36-28-49-42-35(26-37(44)30(4)5)39(45)34(25-20-29(2)3)41(47-6)38(42)40(36)46/h20-24,28,32,37,43-45H,4,7-19,25-27H2,1-3,5-6H3. The highest BCUT2D eigenvalue weighted by Crippen LogP contribution is 2.41. The van der Waals surface area contributed by atoms with Crippen molar-refractivity contribution in [3.05, 3.63) is 75.7 Å². The van der Waals surface area contributed by atoms with E-state index >= 15 is 0 Å². The molecular formula is C42H60O7. The Hall–Kier alpha value is -3.55. The Morgan fingerprint density at radius 3 is 2.04 bits per heavy atom. The van der Waals surface area contributed by atoms with Crippen LogP contribution in [-0.2, 0) is 12.8 Å². The quantitative estimate of drug-likeness (QED) is 0.0677. The minimum absolute atomic E-state index is 0.0307. The molecule has 2 atom stereocenters. The first-order chi connectivity index (χ1) is 23.6. The number of fused-ring (bicyclic) bond motifs is 1. The van der Waals surface area contributed by atoms with Crippen LogP contribution in [0.5, 0.6) is 17.2 Å². The predicted octanol–water partition coefficient (Wildman–Crippen LogP) is 9.99. The van der Waals surface area contributed by atoms with Crippen molar-refractivity contribution >= 4 is 11.0 Å². The monoisotopic (exact) mass is 676 g/mol. The lowest BCUT2D eigenvalue weighted by atomic mass is 9.93. The Kier molecular flexibility index (Phi) is 17.0. The molecule has 2 unspecified atom stereocenters. The predicted molar refractivity (Wildman–Crippen MR) is 201 cm³/mol. The fraction of sp³-hybridized carbons (Fsp3) is 0.548. The second kappa shape index (κ2) is 20.8. The third kappa shape index (κ3) is 12.1. The van der Waals surface area contributed by atoms with Crippen molar-refractivity contribution in [2.24, 2.45) is 0 Å². The first kappa shape index (κ1) is 39.9. The smallest absolute Gasteiger partial charge is 0.204 e. The van der Waals surface area contributed by atoms with Gasteiger partial charge in [-0.2, -0.15) is 0 Å². The first-order valence-corrected chi connectivity index (χ1v) is 18.3. The van der Waals surface area contributed by atoms with Gasteiger partial charge in [-0.1, -0.05) is 120 Å². The number of ether oxygens (including phenoxy) is 2. The Morgan fingerprint density at radius 2 is 1.49 bits per heavy atom. The Morgan fingerprint density at radius 1 is 0.898 bits per heavy atom. The lowest BCUT2D eigenvalue weighted by Gasteiger charge is -2.19. The molecule has 7 heteroatoms. The molecule has 0 saturated carbocycles. The van der Waals surface area contributed by atoms with Crippen molar-refractivity contribution in [1.29, 1.82) is 0 Å². The number of aliphatic hydroxyl groups excluding tert-OH is 2. The third-order valence-corrected chi connectivity index (χ3v) is 9.22. The molecule has 0 saturated heterocycles. The molecule has 270 valence electrons. The van der Waals surface area contributed by atoms with Crippen LogP contribution in [0.3, 0.4) is 0 Å². The summed E-state index contributed by atoms with van der Waals surface area (Å²) in [5.41, 5.74) is 3.19. The van der Waals surface area contributed by atoms with Gasteiger partial charge in [0, 0.05) is 17.5 Å². The summed E-state index contributed by atoms with van der Waals surface area (Å²) in [6.07, 6.45) is 18.4. The van der Waals surface area contributed by atoms with Gasteiger partial charge in [0.05, 0.1) is 24.9 Å². The van der Waals surface area contributed by atoms with Crippen LogP contribution in [0.1, 0.15) is 122 Å². The molecule has 2 aromatic carbocycles. The highest BCUT2D eigenvalue weighted by molar-refractivity contribution is 5.93. The number of hydrogen-bond acceptors (Lipinski definition) is 7. The van der Waals surface area contributed by atoms with E-state index in [0.29, 0.717) is 46.4 Å². The van der Waals surface area contributed by atoms with Gasteiger partial charge < -0.3 is 29.2 Å². The maximum atomic E-state index is 14.1. The van der Waals surface area contributed by atoms with Crippen molar-refractivity contribution in [3.8, 4) is 28.4 Å². The van der Waals surface area contributed by atoms with E-state index in [2.05, 4.69) is 13.5 Å². The third-order valence-electron chi connectivity index (χ3n) is 9.22. The lowest BCUT2D eigenvalue weighted by Crippen LogP contribution is -2.17. The Balaban J connectivity index is 1.64. The molecular weight excluding hydrogens is 616 g/mol. The second-order valence-electron chi connectivity index (χ2n) is 13.7. The van der Waals surface area contributed by atoms with E-state index in [0.717, 1.165) is 18.4 Å². The van der Waals surface area contributed by atoms with Gasteiger partial charge in [0.15, 0.2) is 0 Å². The Labute approximate surface area is 293 Å². The maximum Gasteiger partial charge on any atom is 0.204 e. The molecule has 0 amide bonds. The van der Waals surface area contributed by atoms with Gasteiger partial charge in [-0.05, 0) is 51.3 Å². The van der Waals surface area contributed by atoms with Crippen molar-refractivity contribution in [3.63, 3.8) is 0 Å². The van der Waals surface area contributed by atoms with Crippen LogP contribution in [-0.4, -0.2) is 41.2 Å². The number of unbranched alkanes of at least 4 members (excludes halogenated alkanes) is 11. The van der Waals surface area contributed by atoms with Gasteiger partial charge in [-0.25, -0.2) is 0 Å². The minimum Gasteiger partial charge on any atom is -0.507 e. The number of methoxy groups -OCH3 is 1. The number of aromatic hydroxyl groups is 1. The fourth-order valence-corrected chi connectivity index (χ4v) is 6.15. The maximum absolute atomic E-state index is 14.1. The number of phenolic OH excluding ortho intramolecular Hbond substituents is 1. The van der Waals surface area contributed by atoms with Gasteiger partial charge in [-0.3, -0.25) is 4.79 Å². The lowest BCUT2D eigenvalue weighted by molar-refractivity contribution is 0.0975. The van der Waals surface area contributed by atoms with Crippen LogP contribution >= 0.6 is 0 Å². The molecule has 0 radical (unpaired) electrons. The number of hydrogen-bond donors (Lipinski definition) is 3. The highest BCUT2D eigenvalue weighted by Gasteiger charge is 2.26. The van der Waals surface area contributed by atoms with Crippen LogP contribution in [0.25, 0.3) is 22.1 Å². The highest BCUT2D eigenvalue weighted by atomic mass is 16.5. The van der Waals surface area contributed by atoms with Crippen LogP contribution in [0.2, 0.25) is 0 Å². The SMILES string of the molecule is C=C(C)C(O)Cc1c(O)c(CC=C(C)C)c(OC)c2c(=O)c(-c3ccc(OCC(O)CCCCCCCCCCCCCC)cc3)coc12. The van der Waals surface area contributed by atoms with Crippen LogP contribution in [0.15, 0.2) is 63.5 Å². The average molecular weight is 677 g/mol. The van der Waals surface area contributed by atoms with Crippen molar-refractivity contribution < 1.29 is 29.2 Å². The molecule has 3 N–H and O–H groups in total. The summed E-state index contributed by atoms with van der Waals surface area (Å²) >= 11 is 0. The normalized spacial score (nSPS) is 12.6. The molecule has 0 aliphatic heterocycles. The zero-order chi connectivity index (χ0) is 35.8. The van der Waals surface area contributed by atoms with Gasteiger partial charge in [-0.15, -0.1) is 0 Å². The zero-order valence-corrected chi connectivity index (χ0v) is 30.6. The number of aliphatic hydroxyl groups is 2. The second-order valence-corrected chi connectivity index (χ2v) is 13.7. The van der Waals surface area contributed by atoms with E-state index in [1.54, 1.807) is 31.2 Å². The summed E-state index contributed by atoms with van der Waals surface area (Å²) < 4.78 is 17.6. The number of benzene rings is 2. The molecule has 3 rings (SSSR count). The molecule has 49 heavy (non-hydrogen) atoms. The number of allylic oxidation sites excluding steroid dienone is 2. The van der Waals surface area contributed by atoms with E-state index in [4.69, 9.17) is 13.9 Å². The van der Waals surface area contributed by atoms with Crippen molar-refractivity contribution in [2.75, 3.05) is 13.7 Å². The zero-order valence-electron chi connectivity index (χ0n) is 30.6. The fourth-order valence-electron chi connectivity index (χ4n) is 6.15. The van der Waals surface area contributed by atoms with Crippen LogP contribution < -0.4 is 14.9 Å². The van der Waals surface area contributed by atoms with Crippen molar-refractivity contribution in [1.82, 2.24) is 0 Å². The topological polar surface area (TPSA) is 109 Å². The molecule has 1 heterocycles. The molecule has 0 aliphatic carbocycles. The molecule has 7 nitrogen and oxygen atoms in total. The van der Waals surface area contributed by atoms with E-state index in [1.807, 2.05) is 19.9 Å². The van der Waals surface area contributed by atoms with E-state index in [9.17, 15) is 20.1 Å². The number of phenols is 1. The molecule has 0 spiro atoms. The van der Waals surface area contributed by atoms with E-state index < -0.39 is 12.2 Å². The summed E-state index contributed by atoms with van der Waals surface area (Å²) in [6.45, 7) is 11.9. The molecule has 0 fully saturated rings. The minimum atomic E-state index is -0.931. The van der Waals surface area contributed by atoms with Crippen LogP contribution in [0.4, 0.5) is 0 Å². The first-order valence-electron chi connectivity index (χ1n) is 18.3. The van der Waals surface area contributed by atoms with Gasteiger partial charge in [0.25, 0.3) is 0 Å². The molecule has 3 aromatic rings. The average Bonchev–Trinajstić information content (AvgIpc) is 3.08. The summed E-state index contributed by atoms with van der Waals surface area (Å²) in [7, 11) is 1.47. The summed E-state index contributed by atoms with van der Waals surface area (Å²) in [5.74, 6) is 0.780. The van der Waals surface area contributed by atoms with E-state index in [-0.39, 0.29) is 40.9 Å². The molecule has 0 bridgehead atoms. The Bertz CT molecular complexity index is 1550. The molecule has 0 aliphatic rings. The van der Waals surface area contributed by atoms with Crippen LogP contribution in [0, 0.1) is 0 Å². The van der Waals surface area contributed by atoms with Gasteiger partial charge in [0.2, 0.25) is 5.43 Å². The molecule has 1 aromatic heterocycles. The summed E-state index contributed by atoms with van der Waals surface area (Å²) in [6, 6.07) is 7.12. The van der Waals surface area contributed by atoms with Crippen molar-refractivity contribution in [2.45, 2.75) is 136 Å². The van der Waals surface area contributed by atoms with Gasteiger partial charge in [0.1, 0.15) is 41.1 Å². The largest absolute Gasteiger partial charge is 0.507 e. The van der Waals surface area contributed by atoms with Gasteiger partial charge >= 0.3 is 0 Å². The summed E-state index contributed by atoms with van der Waals surface area (Å²) in [5, 5.41) is 32.6. The number of rotatable bonds is 23.